The van der Waals surface area contributed by atoms with E-state index < -0.39 is 0 Å². The highest BCUT2D eigenvalue weighted by Crippen LogP contribution is 1.64. The summed E-state index contributed by atoms with van der Waals surface area (Å²) >= 11 is 4.52. The van der Waals surface area contributed by atoms with E-state index in [2.05, 4.69) is 22.3 Å². The van der Waals surface area contributed by atoms with E-state index in [1.54, 1.807) is 7.05 Å². The van der Waals surface area contributed by atoms with Crippen LogP contribution in [0.3, 0.4) is 0 Å². The molecular weight excluding hydrogens is 98.1 g/mol. The number of rotatable bonds is 0. The molecule has 1 N–H and O–H groups in total. The van der Waals surface area contributed by atoms with Gasteiger partial charge >= 0.3 is 0 Å². The first-order chi connectivity index (χ1) is 2.81. The zero-order valence-corrected chi connectivity index (χ0v) is 4.63. The van der Waals surface area contributed by atoms with E-state index in [0.29, 0.717) is 5.17 Å². The average molecular weight is 105 g/mol. The summed E-state index contributed by atoms with van der Waals surface area (Å²) in [6.45, 7) is 0. The molecule has 0 aromatic rings. The smallest absolute Gasteiger partial charge is 0.256 e. The molecule has 0 heterocycles. The lowest BCUT2D eigenvalue weighted by Crippen LogP contribution is -2.16. The molecule has 6 heavy (non-hydrogen) atoms. The normalized spacial score (nSPS) is 7.00. The Labute approximate surface area is 42.5 Å². The van der Waals surface area contributed by atoms with Crippen LogP contribution in [0.25, 0.3) is 0 Å². The van der Waals surface area contributed by atoms with Gasteiger partial charge in [0, 0.05) is 7.05 Å². The van der Waals surface area contributed by atoms with Crippen LogP contribution in [0.1, 0.15) is 0 Å². The Balaban J connectivity index is 2.99. The molecular formula is C3H7NOS. The molecule has 0 unspecified atom stereocenters. The van der Waals surface area contributed by atoms with Crippen LogP contribution in [0, 0.1) is 0 Å². The predicted octanol–water partition coefficient (Wildman–Crippen LogP) is 0.137. The summed E-state index contributed by atoms with van der Waals surface area (Å²) in [5, 5.41) is 3.05. The highest BCUT2D eigenvalue weighted by Gasteiger charge is 1.78. The van der Waals surface area contributed by atoms with Crippen molar-refractivity contribution < 1.29 is 4.74 Å². The monoisotopic (exact) mass is 105 g/mol. The van der Waals surface area contributed by atoms with Gasteiger partial charge in [-0.3, -0.25) is 0 Å². The largest absolute Gasteiger partial charge is 0.474 e. The van der Waals surface area contributed by atoms with E-state index >= 15 is 0 Å². The Hall–Kier alpha value is -0.310. The lowest BCUT2D eigenvalue weighted by Gasteiger charge is -1.95. The molecule has 0 aromatic carbocycles. The first kappa shape index (κ1) is 5.69. The van der Waals surface area contributed by atoms with Crippen LogP contribution in [0.2, 0.25) is 0 Å². The van der Waals surface area contributed by atoms with Crippen LogP contribution in [0.15, 0.2) is 0 Å². The number of ether oxygens (including phenoxy) is 1. The molecule has 0 spiro atoms. The maximum absolute atomic E-state index is 4.52. The van der Waals surface area contributed by atoms with E-state index in [1.807, 2.05) is 0 Å². The Morgan fingerprint density at radius 3 is 2.33 bits per heavy atom. The second kappa shape index (κ2) is 2.90. The van der Waals surface area contributed by atoms with Crippen molar-refractivity contribution in [2.24, 2.45) is 0 Å². The molecule has 0 fully saturated rings. The van der Waals surface area contributed by atoms with Gasteiger partial charge in [-0.15, -0.1) is 0 Å². The fraction of sp³-hybridized carbons (Fsp3) is 0.667. The van der Waals surface area contributed by atoms with Crippen molar-refractivity contribution >= 4 is 17.4 Å². The van der Waals surface area contributed by atoms with E-state index in [4.69, 9.17) is 0 Å². The Bertz CT molecular complexity index is 48.8. The number of nitrogens with one attached hydrogen (secondary N) is 1. The third-order valence-corrected chi connectivity index (χ3v) is 0.760. The quantitative estimate of drug-likeness (QED) is 0.443. The fourth-order valence-electron chi connectivity index (χ4n) is 0.102. The second-order valence-corrected chi connectivity index (χ2v) is 1.11. The predicted molar refractivity (Wildman–Crippen MR) is 28.7 cm³/mol. The molecule has 0 aliphatic heterocycles. The maximum Gasteiger partial charge on any atom is 0.256 e. The Morgan fingerprint density at radius 1 is 1.83 bits per heavy atom. The summed E-state index contributed by atoms with van der Waals surface area (Å²) in [6, 6.07) is 0. The van der Waals surface area contributed by atoms with Gasteiger partial charge in [0.2, 0.25) is 0 Å². The fourth-order valence-corrected chi connectivity index (χ4v) is 0.102. The SMILES string of the molecule is CNC(=S)OC. The van der Waals surface area contributed by atoms with Crippen molar-refractivity contribution in [1.29, 1.82) is 0 Å². The van der Waals surface area contributed by atoms with Crippen LogP contribution in [-0.4, -0.2) is 19.3 Å². The molecule has 0 saturated carbocycles. The first-order valence-corrected chi connectivity index (χ1v) is 1.97. The first-order valence-electron chi connectivity index (χ1n) is 1.57. The van der Waals surface area contributed by atoms with Crippen LogP contribution in [0.5, 0.6) is 0 Å². The average Bonchev–Trinajstić information content (AvgIpc) is 1.65. The standard InChI is InChI=1S/C3H7NOS/c1-4-3(6)5-2/h1-2H3,(H,4,6). The number of methoxy groups -OCH3 is 1. The molecule has 2 nitrogen and oxygen atoms in total. The Morgan fingerprint density at radius 2 is 2.33 bits per heavy atom. The van der Waals surface area contributed by atoms with Crippen molar-refractivity contribution in [2.45, 2.75) is 0 Å². The van der Waals surface area contributed by atoms with Gasteiger partial charge in [0.25, 0.3) is 5.17 Å². The molecule has 0 atom stereocenters. The van der Waals surface area contributed by atoms with Crippen molar-refractivity contribution in [3.63, 3.8) is 0 Å². The maximum atomic E-state index is 4.52. The molecule has 0 saturated heterocycles. The highest BCUT2D eigenvalue weighted by molar-refractivity contribution is 7.80. The van der Waals surface area contributed by atoms with Crippen LogP contribution < -0.4 is 5.32 Å². The molecule has 0 rings (SSSR count). The minimum Gasteiger partial charge on any atom is -0.474 e. The van der Waals surface area contributed by atoms with Crippen molar-refractivity contribution in [3.05, 3.63) is 0 Å². The summed E-state index contributed by atoms with van der Waals surface area (Å²) in [7, 11) is 3.24. The second-order valence-electron chi connectivity index (χ2n) is 0.742. The summed E-state index contributed by atoms with van der Waals surface area (Å²) in [5.74, 6) is 0. The van der Waals surface area contributed by atoms with E-state index in [0.717, 1.165) is 0 Å². The molecule has 0 aromatic heterocycles. The minimum absolute atomic E-state index is 0.426. The van der Waals surface area contributed by atoms with E-state index in [9.17, 15) is 0 Å². The van der Waals surface area contributed by atoms with E-state index in [-0.39, 0.29) is 0 Å². The molecule has 0 aliphatic rings. The van der Waals surface area contributed by atoms with Gasteiger partial charge in [0.1, 0.15) is 0 Å². The minimum atomic E-state index is 0.426. The topological polar surface area (TPSA) is 21.3 Å². The molecule has 0 aliphatic carbocycles. The summed E-state index contributed by atoms with van der Waals surface area (Å²) in [4.78, 5) is 0. The molecule has 0 radical (unpaired) electrons. The van der Waals surface area contributed by atoms with Crippen molar-refractivity contribution in [1.82, 2.24) is 5.32 Å². The number of hydrogen-bond acceptors (Lipinski definition) is 2. The van der Waals surface area contributed by atoms with Gasteiger partial charge < -0.3 is 10.1 Å². The molecule has 0 amide bonds. The van der Waals surface area contributed by atoms with Crippen molar-refractivity contribution in [2.75, 3.05) is 14.2 Å². The van der Waals surface area contributed by atoms with Gasteiger partial charge in [0.05, 0.1) is 7.11 Å². The Kier molecular flexibility index (Phi) is 2.75. The highest BCUT2D eigenvalue weighted by atomic mass is 32.1. The molecule has 0 bridgehead atoms. The van der Waals surface area contributed by atoms with Gasteiger partial charge in [-0.2, -0.15) is 0 Å². The summed E-state index contributed by atoms with van der Waals surface area (Å²) in [6.07, 6.45) is 0. The number of thiocarbonyl (C=S) groups is 1. The molecule has 36 valence electrons. The lowest BCUT2D eigenvalue weighted by atomic mass is 11.1. The third-order valence-electron chi connectivity index (χ3n) is 0.390. The number of hydrogen-bond donors (Lipinski definition) is 1. The van der Waals surface area contributed by atoms with E-state index in [1.165, 1.54) is 7.11 Å². The van der Waals surface area contributed by atoms with Crippen LogP contribution >= 0.6 is 12.2 Å². The van der Waals surface area contributed by atoms with Gasteiger partial charge in [0.15, 0.2) is 0 Å². The van der Waals surface area contributed by atoms with Gasteiger partial charge in [-0.1, -0.05) is 0 Å². The zero-order chi connectivity index (χ0) is 4.99. The third kappa shape index (κ3) is 1.96. The zero-order valence-electron chi connectivity index (χ0n) is 3.82. The van der Waals surface area contributed by atoms with Crippen LogP contribution in [-0.2, 0) is 4.74 Å². The lowest BCUT2D eigenvalue weighted by molar-refractivity contribution is 0.398. The summed E-state index contributed by atoms with van der Waals surface area (Å²) in [5.41, 5.74) is 0. The molecule has 3 heteroatoms. The van der Waals surface area contributed by atoms with Gasteiger partial charge in [-0.25, -0.2) is 0 Å². The van der Waals surface area contributed by atoms with Crippen molar-refractivity contribution in [3.8, 4) is 0 Å². The van der Waals surface area contributed by atoms with Gasteiger partial charge in [-0.05, 0) is 12.2 Å². The summed E-state index contributed by atoms with van der Waals surface area (Å²) < 4.78 is 4.52. The van der Waals surface area contributed by atoms with Crippen LogP contribution in [0.4, 0.5) is 0 Å².